The van der Waals surface area contributed by atoms with Crippen molar-refractivity contribution in [1.82, 2.24) is 19.7 Å². The van der Waals surface area contributed by atoms with Crippen molar-refractivity contribution in [3.63, 3.8) is 0 Å². The third-order valence-electron chi connectivity index (χ3n) is 5.04. The zero-order valence-electron chi connectivity index (χ0n) is 16.0. The topological polar surface area (TPSA) is 60.2 Å². The van der Waals surface area contributed by atoms with Gasteiger partial charge in [0, 0.05) is 30.8 Å². The summed E-state index contributed by atoms with van der Waals surface area (Å²) in [6.45, 7) is 9.17. The average Bonchev–Trinajstić information content (AvgIpc) is 2.79. The van der Waals surface area contributed by atoms with E-state index in [1.807, 2.05) is 37.9 Å². The molecule has 0 spiro atoms. The Labute approximate surface area is 154 Å². The number of carbonyl (C=O) groups excluding carboxylic acids is 1. The maximum Gasteiger partial charge on any atom is 0.410 e. The Morgan fingerprint density at radius 1 is 1.35 bits per heavy atom. The lowest BCUT2D eigenvalue weighted by atomic mass is 9.97. The van der Waals surface area contributed by atoms with Crippen molar-refractivity contribution in [2.75, 3.05) is 0 Å². The lowest BCUT2D eigenvalue weighted by Crippen LogP contribution is -2.45. The van der Waals surface area contributed by atoms with Crippen LogP contribution in [0, 0.1) is 0 Å². The van der Waals surface area contributed by atoms with Crippen LogP contribution < -0.4 is 0 Å². The fourth-order valence-electron chi connectivity index (χ4n) is 3.86. The predicted molar refractivity (Wildman–Crippen MR) is 98.7 cm³/mol. The molecule has 1 unspecified atom stereocenters. The molecule has 0 saturated heterocycles. The highest BCUT2D eigenvalue weighted by Gasteiger charge is 2.35. The molecule has 0 aromatic carbocycles. The molecule has 0 N–H and O–H groups in total. The molecule has 2 aromatic heterocycles. The number of fused-ring (bicyclic) bond motifs is 5. The SMILES string of the molecule is CC1Cc2nn3c(c2CN1C(=O)OC(C)(C)C)-c1ncccc1CCC3. The monoisotopic (exact) mass is 354 g/mol. The smallest absolute Gasteiger partial charge is 0.410 e. The molecule has 0 fully saturated rings. The molecule has 2 aliphatic rings. The Morgan fingerprint density at radius 3 is 2.92 bits per heavy atom. The van der Waals surface area contributed by atoms with Crippen molar-refractivity contribution in [2.24, 2.45) is 0 Å². The van der Waals surface area contributed by atoms with Crippen molar-refractivity contribution in [1.29, 1.82) is 0 Å². The maximum absolute atomic E-state index is 12.7. The van der Waals surface area contributed by atoms with E-state index in [0.29, 0.717) is 6.54 Å². The van der Waals surface area contributed by atoms with Gasteiger partial charge in [0.05, 0.1) is 23.6 Å². The largest absolute Gasteiger partial charge is 0.444 e. The second kappa shape index (κ2) is 6.11. The number of rotatable bonds is 0. The first-order valence-corrected chi connectivity index (χ1v) is 9.36. The number of aryl methyl sites for hydroxylation is 2. The number of hydrogen-bond acceptors (Lipinski definition) is 4. The zero-order valence-corrected chi connectivity index (χ0v) is 16.0. The number of ether oxygens (including phenoxy) is 1. The van der Waals surface area contributed by atoms with Crippen LogP contribution in [0.1, 0.15) is 50.9 Å². The van der Waals surface area contributed by atoms with Crippen LogP contribution in [0.15, 0.2) is 18.3 Å². The predicted octanol–water partition coefficient (Wildman–Crippen LogP) is 3.57. The van der Waals surface area contributed by atoms with E-state index in [1.54, 1.807) is 0 Å². The first-order chi connectivity index (χ1) is 12.3. The van der Waals surface area contributed by atoms with E-state index in [4.69, 9.17) is 9.84 Å². The summed E-state index contributed by atoms with van der Waals surface area (Å²) < 4.78 is 7.71. The maximum atomic E-state index is 12.7. The van der Waals surface area contributed by atoms with E-state index in [1.165, 1.54) is 5.56 Å². The summed E-state index contributed by atoms with van der Waals surface area (Å²) in [4.78, 5) is 19.2. The van der Waals surface area contributed by atoms with E-state index in [2.05, 4.69) is 22.7 Å². The number of hydrogen-bond donors (Lipinski definition) is 0. The summed E-state index contributed by atoms with van der Waals surface area (Å²) in [5.41, 5.74) is 5.06. The number of nitrogens with zero attached hydrogens (tertiary/aromatic N) is 4. The molecule has 2 aliphatic heterocycles. The van der Waals surface area contributed by atoms with Crippen molar-refractivity contribution < 1.29 is 9.53 Å². The summed E-state index contributed by atoms with van der Waals surface area (Å²) in [7, 11) is 0. The second-order valence-electron chi connectivity index (χ2n) is 8.27. The van der Waals surface area contributed by atoms with Crippen LogP contribution in [0.3, 0.4) is 0 Å². The third-order valence-corrected chi connectivity index (χ3v) is 5.04. The molecule has 6 nitrogen and oxygen atoms in total. The Bertz CT molecular complexity index is 850. The highest BCUT2D eigenvalue weighted by atomic mass is 16.6. The first-order valence-electron chi connectivity index (χ1n) is 9.36. The van der Waals surface area contributed by atoms with Crippen LogP contribution in [0.2, 0.25) is 0 Å². The Morgan fingerprint density at radius 2 is 2.15 bits per heavy atom. The molecule has 138 valence electrons. The molecule has 26 heavy (non-hydrogen) atoms. The Kier molecular flexibility index (Phi) is 4.01. The third kappa shape index (κ3) is 2.97. The minimum absolute atomic E-state index is 0.0692. The van der Waals surface area contributed by atoms with Gasteiger partial charge in [-0.3, -0.25) is 9.67 Å². The fourth-order valence-corrected chi connectivity index (χ4v) is 3.86. The van der Waals surface area contributed by atoms with Gasteiger partial charge in [0.2, 0.25) is 0 Å². The van der Waals surface area contributed by atoms with Gasteiger partial charge in [0.1, 0.15) is 5.60 Å². The second-order valence-corrected chi connectivity index (χ2v) is 8.27. The van der Waals surface area contributed by atoms with Gasteiger partial charge in [-0.25, -0.2) is 4.79 Å². The van der Waals surface area contributed by atoms with E-state index >= 15 is 0 Å². The molecule has 0 radical (unpaired) electrons. The van der Waals surface area contributed by atoms with Crippen LogP contribution in [-0.2, 0) is 30.7 Å². The first kappa shape index (κ1) is 17.1. The fraction of sp³-hybridized carbons (Fsp3) is 0.550. The van der Waals surface area contributed by atoms with E-state index < -0.39 is 5.60 Å². The lowest BCUT2D eigenvalue weighted by Gasteiger charge is -2.34. The Hall–Kier alpha value is -2.37. The van der Waals surface area contributed by atoms with E-state index in [9.17, 15) is 4.79 Å². The van der Waals surface area contributed by atoms with Crippen molar-refractivity contribution in [2.45, 2.75) is 71.7 Å². The Balaban J connectivity index is 1.74. The summed E-state index contributed by atoms with van der Waals surface area (Å²) >= 11 is 0. The van der Waals surface area contributed by atoms with Crippen LogP contribution >= 0.6 is 0 Å². The van der Waals surface area contributed by atoms with Gasteiger partial charge in [-0.15, -0.1) is 0 Å². The minimum Gasteiger partial charge on any atom is -0.444 e. The molecular formula is C20H26N4O2. The molecule has 4 rings (SSSR count). The number of pyridine rings is 1. The van der Waals surface area contributed by atoms with Crippen molar-refractivity contribution in [3.05, 3.63) is 35.2 Å². The van der Waals surface area contributed by atoms with Crippen molar-refractivity contribution >= 4 is 6.09 Å². The molecule has 1 amide bonds. The molecule has 2 aromatic rings. The van der Waals surface area contributed by atoms with Gasteiger partial charge >= 0.3 is 6.09 Å². The molecule has 6 heteroatoms. The highest BCUT2D eigenvalue weighted by molar-refractivity contribution is 5.71. The van der Waals surface area contributed by atoms with Gasteiger partial charge in [-0.1, -0.05) is 6.07 Å². The number of aromatic nitrogens is 3. The lowest BCUT2D eigenvalue weighted by molar-refractivity contribution is 0.0138. The van der Waals surface area contributed by atoms with E-state index in [0.717, 1.165) is 48.5 Å². The molecule has 0 aliphatic carbocycles. The number of carbonyl (C=O) groups is 1. The quantitative estimate of drug-likeness (QED) is 0.726. The standard InChI is InChI=1S/C20H26N4O2/c1-13-11-16-15(12-23(13)19(25)26-20(2,3)4)18-17-14(7-5-9-21-17)8-6-10-24(18)22-16/h5,7,9,13H,6,8,10-12H2,1-4H3. The van der Waals surface area contributed by atoms with Crippen molar-refractivity contribution in [3.8, 4) is 11.4 Å². The van der Waals surface area contributed by atoms with Crippen LogP contribution in [-0.4, -0.2) is 37.4 Å². The summed E-state index contributed by atoms with van der Waals surface area (Å²) in [6.07, 6.45) is 4.39. The van der Waals surface area contributed by atoms with Gasteiger partial charge < -0.3 is 9.64 Å². The minimum atomic E-state index is -0.499. The van der Waals surface area contributed by atoms with E-state index in [-0.39, 0.29) is 12.1 Å². The molecule has 1 atom stereocenters. The molecular weight excluding hydrogens is 328 g/mol. The normalized spacial score (nSPS) is 19.2. The number of amides is 1. The van der Waals surface area contributed by atoms with Gasteiger partial charge in [0.15, 0.2) is 0 Å². The molecule has 4 heterocycles. The van der Waals surface area contributed by atoms with Crippen LogP contribution in [0.5, 0.6) is 0 Å². The van der Waals surface area contributed by atoms with Gasteiger partial charge in [-0.2, -0.15) is 5.10 Å². The molecule has 0 saturated carbocycles. The van der Waals surface area contributed by atoms with Gasteiger partial charge in [0.25, 0.3) is 0 Å². The average molecular weight is 354 g/mol. The molecule has 0 bridgehead atoms. The summed E-state index contributed by atoms with van der Waals surface area (Å²) in [6, 6.07) is 4.21. The zero-order chi connectivity index (χ0) is 18.5. The highest BCUT2D eigenvalue weighted by Crippen LogP contribution is 2.35. The van der Waals surface area contributed by atoms with Crippen LogP contribution in [0.4, 0.5) is 4.79 Å². The van der Waals surface area contributed by atoms with Gasteiger partial charge in [-0.05, 0) is 52.2 Å². The summed E-state index contributed by atoms with van der Waals surface area (Å²) in [5, 5.41) is 4.87. The summed E-state index contributed by atoms with van der Waals surface area (Å²) in [5.74, 6) is 0. The van der Waals surface area contributed by atoms with Crippen LogP contribution in [0.25, 0.3) is 11.4 Å².